The third kappa shape index (κ3) is 3.18. The fraction of sp³-hybridized carbons (Fsp3) is 0.300. The van der Waals surface area contributed by atoms with Crippen molar-refractivity contribution in [3.05, 3.63) is 64.7 Å². The highest BCUT2D eigenvalue weighted by Gasteiger charge is 2.23. The summed E-state index contributed by atoms with van der Waals surface area (Å²) in [5, 5.41) is 0. The van der Waals surface area contributed by atoms with Gasteiger partial charge in [0.25, 0.3) is 5.91 Å². The van der Waals surface area contributed by atoms with E-state index in [0.29, 0.717) is 18.7 Å². The second-order valence-corrected chi connectivity index (χ2v) is 6.27. The first-order valence-electron chi connectivity index (χ1n) is 8.26. The SMILES string of the molecule is Cc1cc(C=O)cc(C)c1N1CCN(C(=O)c2ccccc2)CC1. The first-order chi connectivity index (χ1) is 11.6. The number of rotatable bonds is 3. The van der Waals surface area contributed by atoms with E-state index in [9.17, 15) is 9.59 Å². The second kappa shape index (κ2) is 6.87. The van der Waals surface area contributed by atoms with Crippen molar-refractivity contribution in [2.45, 2.75) is 13.8 Å². The van der Waals surface area contributed by atoms with Gasteiger partial charge in [0.2, 0.25) is 0 Å². The Morgan fingerprint density at radius 2 is 1.54 bits per heavy atom. The van der Waals surface area contributed by atoms with Crippen molar-refractivity contribution >= 4 is 17.9 Å². The average Bonchev–Trinajstić information content (AvgIpc) is 2.61. The number of benzene rings is 2. The molecule has 3 rings (SSSR count). The molecule has 1 fully saturated rings. The molecule has 1 saturated heterocycles. The summed E-state index contributed by atoms with van der Waals surface area (Å²) in [6.07, 6.45) is 0.889. The highest BCUT2D eigenvalue weighted by Crippen LogP contribution is 2.27. The summed E-state index contributed by atoms with van der Waals surface area (Å²) in [6.45, 7) is 7.11. The first kappa shape index (κ1) is 16.2. The van der Waals surface area contributed by atoms with Crippen LogP contribution in [0, 0.1) is 13.8 Å². The Balaban J connectivity index is 1.72. The summed E-state index contributed by atoms with van der Waals surface area (Å²) >= 11 is 0. The van der Waals surface area contributed by atoms with Crippen molar-refractivity contribution in [3.8, 4) is 0 Å². The van der Waals surface area contributed by atoms with E-state index in [1.54, 1.807) is 0 Å². The highest BCUT2D eigenvalue weighted by molar-refractivity contribution is 5.94. The van der Waals surface area contributed by atoms with Crippen LogP contribution in [0.2, 0.25) is 0 Å². The molecular weight excluding hydrogens is 300 g/mol. The van der Waals surface area contributed by atoms with Crippen LogP contribution in [-0.4, -0.2) is 43.3 Å². The van der Waals surface area contributed by atoms with E-state index in [4.69, 9.17) is 0 Å². The van der Waals surface area contributed by atoms with Crippen LogP contribution in [-0.2, 0) is 0 Å². The van der Waals surface area contributed by atoms with Gasteiger partial charge in [0.1, 0.15) is 6.29 Å². The summed E-state index contributed by atoms with van der Waals surface area (Å²) < 4.78 is 0. The second-order valence-electron chi connectivity index (χ2n) is 6.27. The lowest BCUT2D eigenvalue weighted by Gasteiger charge is -2.37. The Kier molecular flexibility index (Phi) is 4.65. The van der Waals surface area contributed by atoms with Crippen molar-refractivity contribution in [1.29, 1.82) is 0 Å². The van der Waals surface area contributed by atoms with Gasteiger partial charge in [-0.25, -0.2) is 0 Å². The summed E-state index contributed by atoms with van der Waals surface area (Å²) in [6, 6.07) is 13.3. The van der Waals surface area contributed by atoms with Crippen LogP contribution in [0.4, 0.5) is 5.69 Å². The Hall–Kier alpha value is -2.62. The fourth-order valence-corrected chi connectivity index (χ4v) is 3.45. The molecule has 0 unspecified atom stereocenters. The number of amides is 1. The van der Waals surface area contributed by atoms with Crippen LogP contribution in [0.15, 0.2) is 42.5 Å². The number of hydrogen-bond donors (Lipinski definition) is 0. The molecule has 1 aliphatic heterocycles. The third-order valence-electron chi connectivity index (χ3n) is 4.55. The van der Waals surface area contributed by atoms with Crippen LogP contribution < -0.4 is 4.90 Å². The molecule has 0 aromatic heterocycles. The Bertz CT molecular complexity index is 724. The predicted octanol–water partition coefficient (Wildman–Crippen LogP) is 3.08. The van der Waals surface area contributed by atoms with Gasteiger partial charge in [-0.1, -0.05) is 18.2 Å². The van der Waals surface area contributed by atoms with E-state index in [0.717, 1.165) is 36.1 Å². The van der Waals surface area contributed by atoms with Crippen LogP contribution >= 0.6 is 0 Å². The summed E-state index contributed by atoms with van der Waals surface area (Å²) in [4.78, 5) is 27.7. The molecule has 4 heteroatoms. The minimum absolute atomic E-state index is 0.0972. The number of aryl methyl sites for hydroxylation is 2. The molecule has 2 aromatic carbocycles. The molecule has 0 radical (unpaired) electrons. The van der Waals surface area contributed by atoms with E-state index in [1.807, 2.05) is 61.2 Å². The monoisotopic (exact) mass is 322 g/mol. The molecule has 124 valence electrons. The molecule has 0 saturated carbocycles. The number of carbonyl (C=O) groups is 2. The number of nitrogens with zero attached hydrogens (tertiary/aromatic N) is 2. The van der Waals surface area contributed by atoms with E-state index in [-0.39, 0.29) is 5.91 Å². The summed E-state index contributed by atoms with van der Waals surface area (Å²) in [5.41, 5.74) is 4.87. The minimum atomic E-state index is 0.0972. The highest BCUT2D eigenvalue weighted by atomic mass is 16.2. The van der Waals surface area contributed by atoms with E-state index >= 15 is 0 Å². The topological polar surface area (TPSA) is 40.6 Å². The zero-order valence-electron chi connectivity index (χ0n) is 14.2. The lowest BCUT2D eigenvalue weighted by molar-refractivity contribution is 0.0746. The number of piperazine rings is 1. The van der Waals surface area contributed by atoms with Gasteiger partial charge in [0, 0.05) is 43.0 Å². The molecule has 0 bridgehead atoms. The lowest BCUT2D eigenvalue weighted by Crippen LogP contribution is -2.49. The van der Waals surface area contributed by atoms with Crippen LogP contribution in [0.3, 0.4) is 0 Å². The van der Waals surface area contributed by atoms with Gasteiger partial charge < -0.3 is 9.80 Å². The van der Waals surface area contributed by atoms with Gasteiger partial charge in [-0.05, 0) is 49.2 Å². The lowest BCUT2D eigenvalue weighted by atomic mass is 10.0. The van der Waals surface area contributed by atoms with Crippen LogP contribution in [0.25, 0.3) is 0 Å². The van der Waals surface area contributed by atoms with Crippen molar-refractivity contribution in [1.82, 2.24) is 4.90 Å². The van der Waals surface area contributed by atoms with Crippen molar-refractivity contribution in [2.75, 3.05) is 31.1 Å². The van der Waals surface area contributed by atoms with Gasteiger partial charge in [-0.2, -0.15) is 0 Å². The molecule has 0 aliphatic carbocycles. The van der Waals surface area contributed by atoms with Gasteiger partial charge >= 0.3 is 0 Å². The smallest absolute Gasteiger partial charge is 0.253 e. The van der Waals surface area contributed by atoms with Crippen LogP contribution in [0.1, 0.15) is 31.8 Å². The van der Waals surface area contributed by atoms with Crippen LogP contribution in [0.5, 0.6) is 0 Å². The molecule has 4 nitrogen and oxygen atoms in total. The molecule has 1 heterocycles. The Labute approximate surface area is 142 Å². The van der Waals surface area contributed by atoms with E-state index in [2.05, 4.69) is 4.90 Å². The quantitative estimate of drug-likeness (QED) is 0.816. The maximum absolute atomic E-state index is 12.5. The van der Waals surface area contributed by atoms with Gasteiger partial charge in [0.15, 0.2) is 0 Å². The molecule has 0 N–H and O–H groups in total. The molecular formula is C20H22N2O2. The zero-order valence-corrected chi connectivity index (χ0v) is 14.2. The molecule has 1 amide bonds. The number of hydrogen-bond acceptors (Lipinski definition) is 3. The third-order valence-corrected chi connectivity index (χ3v) is 4.55. The van der Waals surface area contributed by atoms with Crippen molar-refractivity contribution in [3.63, 3.8) is 0 Å². The summed E-state index contributed by atoms with van der Waals surface area (Å²) in [7, 11) is 0. The standard InChI is InChI=1S/C20H22N2O2/c1-15-12-17(14-23)13-16(2)19(15)21-8-10-22(11-9-21)20(24)18-6-4-3-5-7-18/h3-7,12-14H,8-11H2,1-2H3. The number of aldehydes is 1. The van der Waals surface area contributed by atoms with Gasteiger partial charge in [0.05, 0.1) is 0 Å². The molecule has 2 aromatic rings. The zero-order chi connectivity index (χ0) is 17.1. The van der Waals surface area contributed by atoms with Gasteiger partial charge in [-0.15, -0.1) is 0 Å². The van der Waals surface area contributed by atoms with E-state index < -0.39 is 0 Å². The maximum Gasteiger partial charge on any atom is 0.253 e. The first-order valence-corrected chi connectivity index (χ1v) is 8.26. The Morgan fingerprint density at radius 3 is 2.08 bits per heavy atom. The predicted molar refractivity (Wildman–Crippen MR) is 95.9 cm³/mol. The molecule has 0 spiro atoms. The van der Waals surface area contributed by atoms with E-state index in [1.165, 1.54) is 5.69 Å². The van der Waals surface area contributed by atoms with Gasteiger partial charge in [-0.3, -0.25) is 9.59 Å². The normalized spacial score (nSPS) is 14.6. The molecule has 0 atom stereocenters. The minimum Gasteiger partial charge on any atom is -0.368 e. The Morgan fingerprint density at radius 1 is 0.958 bits per heavy atom. The summed E-state index contributed by atoms with van der Waals surface area (Å²) in [5.74, 6) is 0.0972. The number of carbonyl (C=O) groups excluding carboxylic acids is 2. The van der Waals surface area contributed by atoms with Crippen molar-refractivity contribution in [2.24, 2.45) is 0 Å². The van der Waals surface area contributed by atoms with Crippen molar-refractivity contribution < 1.29 is 9.59 Å². The molecule has 24 heavy (non-hydrogen) atoms. The largest absolute Gasteiger partial charge is 0.368 e. The molecule has 1 aliphatic rings. The fourth-order valence-electron chi connectivity index (χ4n) is 3.45. The maximum atomic E-state index is 12.5. The average molecular weight is 322 g/mol. The number of anilines is 1.